The number of piperidine rings is 1. The molecule has 0 atom stereocenters. The van der Waals surface area contributed by atoms with Crippen LogP contribution in [0.15, 0.2) is 29.9 Å². The van der Waals surface area contributed by atoms with E-state index in [4.69, 9.17) is 0 Å². The summed E-state index contributed by atoms with van der Waals surface area (Å²) in [6.07, 6.45) is 4.82. The summed E-state index contributed by atoms with van der Waals surface area (Å²) < 4.78 is 28.3. The van der Waals surface area contributed by atoms with Crippen molar-refractivity contribution in [3.8, 4) is 5.88 Å². The Labute approximate surface area is 135 Å². The number of carbonyl (C=O) groups excluding carboxylic acids is 1. The van der Waals surface area contributed by atoms with Crippen LogP contribution in [0.3, 0.4) is 0 Å². The number of nitrogens with zero attached hydrogens (tertiary/aromatic N) is 3. The van der Waals surface area contributed by atoms with Crippen molar-refractivity contribution >= 4 is 17.2 Å². The van der Waals surface area contributed by atoms with E-state index >= 15 is 0 Å². The predicted molar refractivity (Wildman–Crippen MR) is 80.9 cm³/mol. The molecular formula is C15H15F2N3O2S. The van der Waals surface area contributed by atoms with E-state index < -0.39 is 6.61 Å². The normalized spacial score (nSPS) is 15.9. The van der Waals surface area contributed by atoms with Gasteiger partial charge < -0.3 is 9.64 Å². The van der Waals surface area contributed by atoms with Gasteiger partial charge in [0.2, 0.25) is 5.88 Å². The highest BCUT2D eigenvalue weighted by Crippen LogP contribution is 2.29. The van der Waals surface area contributed by atoms with Crippen LogP contribution >= 0.6 is 11.3 Å². The highest BCUT2D eigenvalue weighted by atomic mass is 32.1. The van der Waals surface area contributed by atoms with Crippen LogP contribution in [0.25, 0.3) is 0 Å². The van der Waals surface area contributed by atoms with Gasteiger partial charge in [0.25, 0.3) is 5.91 Å². The summed E-state index contributed by atoms with van der Waals surface area (Å²) in [4.78, 5) is 22.2. The molecule has 0 aromatic carbocycles. The maximum absolute atomic E-state index is 12.4. The van der Waals surface area contributed by atoms with E-state index in [9.17, 15) is 13.6 Å². The van der Waals surface area contributed by atoms with Crippen LogP contribution in [-0.4, -0.2) is 40.5 Å². The molecule has 5 nitrogen and oxygen atoms in total. The van der Waals surface area contributed by atoms with Crippen molar-refractivity contribution in [2.24, 2.45) is 0 Å². The zero-order chi connectivity index (χ0) is 16.2. The van der Waals surface area contributed by atoms with Gasteiger partial charge in [-0.2, -0.15) is 8.78 Å². The third-order valence-electron chi connectivity index (χ3n) is 3.78. The van der Waals surface area contributed by atoms with Crippen LogP contribution in [0.4, 0.5) is 8.78 Å². The molecular weight excluding hydrogens is 324 g/mol. The highest BCUT2D eigenvalue weighted by molar-refractivity contribution is 7.09. The number of carbonyl (C=O) groups is 1. The predicted octanol–water partition coefficient (Wildman–Crippen LogP) is 3.16. The molecule has 0 unspecified atom stereocenters. The molecule has 1 aliphatic rings. The molecule has 0 N–H and O–H groups in total. The minimum atomic E-state index is -2.92. The van der Waals surface area contributed by atoms with Gasteiger partial charge in [0.1, 0.15) is 0 Å². The summed E-state index contributed by atoms with van der Waals surface area (Å²) in [5.74, 6) is 0.0664. The quantitative estimate of drug-likeness (QED) is 0.859. The van der Waals surface area contributed by atoms with Gasteiger partial charge in [-0.05, 0) is 18.9 Å². The van der Waals surface area contributed by atoms with Gasteiger partial charge in [-0.1, -0.05) is 0 Å². The maximum Gasteiger partial charge on any atom is 0.388 e. The van der Waals surface area contributed by atoms with Crippen molar-refractivity contribution in [2.75, 3.05) is 13.1 Å². The Hall–Kier alpha value is -2.09. The van der Waals surface area contributed by atoms with E-state index in [1.165, 1.54) is 18.3 Å². The molecule has 3 rings (SSSR count). The largest absolute Gasteiger partial charge is 0.417 e. The van der Waals surface area contributed by atoms with Gasteiger partial charge in [0.05, 0.1) is 10.6 Å². The molecule has 2 aromatic rings. The zero-order valence-electron chi connectivity index (χ0n) is 12.2. The zero-order valence-corrected chi connectivity index (χ0v) is 13.0. The molecule has 0 saturated carbocycles. The molecule has 3 heterocycles. The number of likely N-dealkylation sites (tertiary alicyclic amines) is 1. The van der Waals surface area contributed by atoms with Crippen LogP contribution in [-0.2, 0) is 0 Å². The van der Waals surface area contributed by atoms with Gasteiger partial charge >= 0.3 is 6.61 Å². The average Bonchev–Trinajstić information content (AvgIpc) is 3.09. The first-order valence-electron chi connectivity index (χ1n) is 7.23. The molecule has 1 saturated heterocycles. The fraction of sp³-hybridized carbons (Fsp3) is 0.400. The van der Waals surface area contributed by atoms with Gasteiger partial charge in [0.15, 0.2) is 0 Å². The summed E-state index contributed by atoms with van der Waals surface area (Å²) in [5, 5.41) is 3.08. The summed E-state index contributed by atoms with van der Waals surface area (Å²) in [6.45, 7) is -1.62. The molecule has 0 spiro atoms. The number of thiazole rings is 1. The maximum atomic E-state index is 12.4. The minimum absolute atomic E-state index is 0.140. The molecule has 0 bridgehead atoms. The number of rotatable bonds is 4. The number of halogens is 2. The second-order valence-electron chi connectivity index (χ2n) is 5.20. The average molecular weight is 339 g/mol. The third kappa shape index (κ3) is 3.82. The van der Waals surface area contributed by atoms with E-state index in [1.807, 2.05) is 5.38 Å². The molecule has 1 fully saturated rings. The summed E-state index contributed by atoms with van der Waals surface area (Å²) in [7, 11) is 0. The lowest BCUT2D eigenvalue weighted by atomic mass is 9.97. The molecule has 0 aliphatic carbocycles. The second-order valence-corrected chi connectivity index (χ2v) is 6.13. The van der Waals surface area contributed by atoms with Crippen LogP contribution in [0.2, 0.25) is 0 Å². The summed E-state index contributed by atoms with van der Waals surface area (Å²) in [5.41, 5.74) is 0.374. The first-order valence-corrected chi connectivity index (χ1v) is 8.11. The first-order chi connectivity index (χ1) is 11.1. The topological polar surface area (TPSA) is 55.3 Å². The van der Waals surface area contributed by atoms with Crippen molar-refractivity contribution in [2.45, 2.75) is 25.4 Å². The lowest BCUT2D eigenvalue weighted by molar-refractivity contribution is -0.0528. The Morgan fingerprint density at radius 2 is 2.09 bits per heavy atom. The SMILES string of the molecule is O=C(c1ccc(OC(F)F)nc1)N1CCC(c2nccs2)CC1. The Balaban J connectivity index is 1.58. The monoisotopic (exact) mass is 339 g/mol. The number of hydrogen-bond donors (Lipinski definition) is 0. The highest BCUT2D eigenvalue weighted by Gasteiger charge is 2.26. The van der Waals surface area contributed by atoms with E-state index in [0.717, 1.165) is 17.8 Å². The summed E-state index contributed by atoms with van der Waals surface area (Å²) in [6, 6.07) is 2.74. The van der Waals surface area contributed by atoms with Crippen molar-refractivity contribution in [3.05, 3.63) is 40.5 Å². The van der Waals surface area contributed by atoms with Crippen LogP contribution in [0, 0.1) is 0 Å². The van der Waals surface area contributed by atoms with Crippen LogP contribution in [0.1, 0.15) is 34.1 Å². The fourth-order valence-electron chi connectivity index (χ4n) is 2.62. The third-order valence-corrected chi connectivity index (χ3v) is 4.71. The van der Waals surface area contributed by atoms with Gasteiger partial charge in [-0.15, -0.1) is 11.3 Å². The standard InChI is InChI=1S/C15H15F2N3O2S/c16-15(17)22-12-2-1-11(9-19-12)14(21)20-6-3-10(4-7-20)13-18-5-8-23-13/h1-2,5,8-10,15H,3-4,6-7H2. The molecule has 8 heteroatoms. The number of ether oxygens (including phenoxy) is 1. The van der Waals surface area contributed by atoms with Crippen molar-refractivity contribution in [3.63, 3.8) is 0 Å². The molecule has 23 heavy (non-hydrogen) atoms. The molecule has 2 aromatic heterocycles. The Morgan fingerprint density at radius 3 is 2.65 bits per heavy atom. The molecule has 0 radical (unpaired) electrons. The Kier molecular flexibility index (Phi) is 4.80. The number of hydrogen-bond acceptors (Lipinski definition) is 5. The molecule has 1 amide bonds. The number of amides is 1. The fourth-order valence-corrected chi connectivity index (χ4v) is 3.43. The van der Waals surface area contributed by atoms with Crippen molar-refractivity contribution in [1.29, 1.82) is 0 Å². The first kappa shape index (κ1) is 15.8. The van der Waals surface area contributed by atoms with E-state index in [2.05, 4.69) is 14.7 Å². The van der Waals surface area contributed by atoms with E-state index in [-0.39, 0.29) is 11.8 Å². The number of pyridine rings is 1. The van der Waals surface area contributed by atoms with Gasteiger partial charge in [-0.3, -0.25) is 4.79 Å². The summed E-state index contributed by atoms with van der Waals surface area (Å²) >= 11 is 1.64. The van der Waals surface area contributed by atoms with Crippen molar-refractivity contribution < 1.29 is 18.3 Å². The lowest BCUT2D eigenvalue weighted by Gasteiger charge is -2.31. The van der Waals surface area contributed by atoms with E-state index in [0.29, 0.717) is 24.6 Å². The number of alkyl halides is 2. The second kappa shape index (κ2) is 6.99. The minimum Gasteiger partial charge on any atom is -0.417 e. The van der Waals surface area contributed by atoms with Gasteiger partial charge in [0, 0.05) is 42.8 Å². The van der Waals surface area contributed by atoms with Gasteiger partial charge in [-0.25, -0.2) is 9.97 Å². The lowest BCUT2D eigenvalue weighted by Crippen LogP contribution is -2.37. The van der Waals surface area contributed by atoms with Crippen LogP contribution < -0.4 is 4.74 Å². The Morgan fingerprint density at radius 1 is 1.30 bits per heavy atom. The van der Waals surface area contributed by atoms with E-state index in [1.54, 1.807) is 22.4 Å². The number of aromatic nitrogens is 2. The van der Waals surface area contributed by atoms with Crippen molar-refractivity contribution in [1.82, 2.24) is 14.9 Å². The Bertz CT molecular complexity index is 641. The smallest absolute Gasteiger partial charge is 0.388 e. The molecule has 122 valence electrons. The molecule has 1 aliphatic heterocycles. The van der Waals surface area contributed by atoms with Crippen LogP contribution in [0.5, 0.6) is 5.88 Å².